The molecule has 2 aromatic rings. The van der Waals surface area contributed by atoms with E-state index in [0.717, 1.165) is 17.9 Å². The molecule has 22 heavy (non-hydrogen) atoms. The molecule has 0 saturated carbocycles. The number of benzene rings is 1. The fraction of sp³-hybridized carbons (Fsp3) is 0.412. The molecule has 1 N–H and O–H groups in total. The van der Waals surface area contributed by atoms with Crippen LogP contribution in [0.5, 0.6) is 0 Å². The van der Waals surface area contributed by atoms with Crippen LogP contribution in [0.3, 0.4) is 0 Å². The molecule has 2 rings (SSSR count). The molecule has 0 spiro atoms. The third-order valence-corrected chi connectivity index (χ3v) is 3.40. The molecule has 0 aliphatic carbocycles. The Morgan fingerprint density at radius 3 is 2.55 bits per heavy atom. The van der Waals surface area contributed by atoms with Crippen LogP contribution in [0.4, 0.5) is 0 Å². The quantitative estimate of drug-likeness (QED) is 0.890. The summed E-state index contributed by atoms with van der Waals surface area (Å²) < 4.78 is 1.72. The summed E-state index contributed by atoms with van der Waals surface area (Å²) in [6.07, 6.45) is 0. The highest BCUT2D eigenvalue weighted by molar-refractivity contribution is 5.93. The second-order valence-electron chi connectivity index (χ2n) is 5.92. The Bertz CT molecular complexity index is 617. The Hall–Kier alpha value is -2.14. The molecular formula is C17H24N4O. The number of hydrogen-bond donors (Lipinski definition) is 1. The summed E-state index contributed by atoms with van der Waals surface area (Å²) in [7, 11) is 3.97. The van der Waals surface area contributed by atoms with Crippen LogP contribution in [0.25, 0.3) is 5.69 Å². The maximum atomic E-state index is 12.5. The summed E-state index contributed by atoms with van der Waals surface area (Å²) in [6.45, 7) is 5.57. The second-order valence-corrected chi connectivity index (χ2v) is 5.92. The molecular weight excluding hydrogens is 276 g/mol. The molecule has 1 aromatic carbocycles. The molecule has 1 aromatic heterocycles. The highest BCUT2D eigenvalue weighted by Gasteiger charge is 2.17. The van der Waals surface area contributed by atoms with Gasteiger partial charge in [0.25, 0.3) is 5.91 Å². The van der Waals surface area contributed by atoms with E-state index >= 15 is 0 Å². The van der Waals surface area contributed by atoms with Gasteiger partial charge < -0.3 is 10.2 Å². The van der Waals surface area contributed by atoms with E-state index in [2.05, 4.69) is 24.3 Å². The fourth-order valence-electron chi connectivity index (χ4n) is 2.09. The molecule has 0 aliphatic heterocycles. The monoisotopic (exact) mass is 300 g/mol. The van der Waals surface area contributed by atoms with Crippen LogP contribution in [0.15, 0.2) is 36.4 Å². The Morgan fingerprint density at radius 2 is 1.95 bits per heavy atom. The standard InChI is InChI=1S/C17H24N4O/c1-13(2)15-12-16(17(22)18-10-11-20(3)4)21(19-15)14-8-6-5-7-9-14/h5-9,12-13H,10-11H2,1-4H3,(H,18,22). The molecule has 5 nitrogen and oxygen atoms in total. The van der Waals surface area contributed by atoms with Crippen molar-refractivity contribution in [3.8, 4) is 5.69 Å². The van der Waals surface area contributed by atoms with Crippen LogP contribution in [0.1, 0.15) is 35.9 Å². The lowest BCUT2D eigenvalue weighted by Gasteiger charge is -2.11. The number of carbonyl (C=O) groups is 1. The SMILES string of the molecule is CC(C)c1cc(C(=O)NCCN(C)C)n(-c2ccccc2)n1. The van der Waals surface area contributed by atoms with Gasteiger partial charge in [-0.3, -0.25) is 4.79 Å². The van der Waals surface area contributed by atoms with E-state index in [-0.39, 0.29) is 11.8 Å². The third kappa shape index (κ3) is 3.95. The van der Waals surface area contributed by atoms with E-state index in [9.17, 15) is 4.79 Å². The van der Waals surface area contributed by atoms with Gasteiger partial charge in [-0.15, -0.1) is 0 Å². The number of rotatable bonds is 6. The first-order chi connectivity index (χ1) is 10.5. The van der Waals surface area contributed by atoms with E-state index in [0.29, 0.717) is 12.2 Å². The first-order valence-corrected chi connectivity index (χ1v) is 7.57. The van der Waals surface area contributed by atoms with Crippen molar-refractivity contribution in [2.24, 2.45) is 0 Å². The van der Waals surface area contributed by atoms with Crippen molar-refractivity contribution >= 4 is 5.91 Å². The maximum Gasteiger partial charge on any atom is 0.270 e. The summed E-state index contributed by atoms with van der Waals surface area (Å²) in [5.41, 5.74) is 2.39. The van der Waals surface area contributed by atoms with Crippen LogP contribution in [-0.4, -0.2) is 47.8 Å². The number of amides is 1. The van der Waals surface area contributed by atoms with Crippen LogP contribution in [0.2, 0.25) is 0 Å². The Kier molecular flexibility index (Phi) is 5.33. The van der Waals surface area contributed by atoms with E-state index < -0.39 is 0 Å². The maximum absolute atomic E-state index is 12.5. The van der Waals surface area contributed by atoms with Crippen molar-refractivity contribution in [2.75, 3.05) is 27.2 Å². The molecule has 0 fully saturated rings. The van der Waals surface area contributed by atoms with Crippen molar-refractivity contribution in [1.82, 2.24) is 20.0 Å². The summed E-state index contributed by atoms with van der Waals surface area (Å²) in [4.78, 5) is 14.5. The lowest BCUT2D eigenvalue weighted by atomic mass is 10.1. The van der Waals surface area contributed by atoms with Gasteiger partial charge in [0, 0.05) is 13.1 Å². The molecule has 0 aliphatic rings. The van der Waals surface area contributed by atoms with Gasteiger partial charge in [-0.2, -0.15) is 5.10 Å². The smallest absolute Gasteiger partial charge is 0.270 e. The molecule has 1 heterocycles. The number of nitrogens with zero attached hydrogens (tertiary/aromatic N) is 3. The molecule has 0 radical (unpaired) electrons. The van der Waals surface area contributed by atoms with Gasteiger partial charge in [-0.1, -0.05) is 32.0 Å². The Morgan fingerprint density at radius 1 is 1.27 bits per heavy atom. The highest BCUT2D eigenvalue weighted by Crippen LogP contribution is 2.18. The zero-order valence-corrected chi connectivity index (χ0v) is 13.7. The van der Waals surface area contributed by atoms with E-state index in [1.165, 1.54) is 0 Å². The Balaban J connectivity index is 2.27. The summed E-state index contributed by atoms with van der Waals surface area (Å²) in [6, 6.07) is 11.6. The van der Waals surface area contributed by atoms with Crippen molar-refractivity contribution < 1.29 is 4.79 Å². The second kappa shape index (κ2) is 7.22. The number of nitrogens with one attached hydrogen (secondary N) is 1. The molecule has 0 unspecified atom stereocenters. The predicted octanol–water partition coefficient (Wildman–Crippen LogP) is 2.29. The number of likely N-dealkylation sites (N-methyl/N-ethyl adjacent to an activating group) is 1. The minimum atomic E-state index is -0.0925. The fourth-order valence-corrected chi connectivity index (χ4v) is 2.09. The molecule has 5 heteroatoms. The number of hydrogen-bond acceptors (Lipinski definition) is 3. The van der Waals surface area contributed by atoms with Gasteiger partial charge in [-0.05, 0) is 38.2 Å². The van der Waals surface area contributed by atoms with Crippen molar-refractivity contribution in [1.29, 1.82) is 0 Å². The van der Waals surface area contributed by atoms with Crippen LogP contribution >= 0.6 is 0 Å². The van der Waals surface area contributed by atoms with E-state index in [4.69, 9.17) is 0 Å². The third-order valence-electron chi connectivity index (χ3n) is 3.40. The number of aromatic nitrogens is 2. The molecule has 0 atom stereocenters. The Labute approximate surface area is 131 Å². The largest absolute Gasteiger partial charge is 0.349 e. The average molecular weight is 300 g/mol. The highest BCUT2D eigenvalue weighted by atomic mass is 16.2. The summed E-state index contributed by atoms with van der Waals surface area (Å²) in [5.74, 6) is 0.184. The predicted molar refractivity (Wildman–Crippen MR) is 88.5 cm³/mol. The lowest BCUT2D eigenvalue weighted by Crippen LogP contribution is -2.32. The minimum absolute atomic E-state index is 0.0925. The molecule has 0 bridgehead atoms. The topological polar surface area (TPSA) is 50.2 Å². The van der Waals surface area contributed by atoms with Crippen molar-refractivity contribution in [3.63, 3.8) is 0 Å². The van der Waals surface area contributed by atoms with Crippen LogP contribution in [-0.2, 0) is 0 Å². The van der Waals surface area contributed by atoms with Crippen LogP contribution < -0.4 is 5.32 Å². The zero-order valence-electron chi connectivity index (χ0n) is 13.7. The number of carbonyl (C=O) groups excluding carboxylic acids is 1. The van der Waals surface area contributed by atoms with E-state index in [1.807, 2.05) is 55.4 Å². The van der Waals surface area contributed by atoms with Crippen molar-refractivity contribution in [3.05, 3.63) is 47.8 Å². The number of para-hydroxylation sites is 1. The summed E-state index contributed by atoms with van der Waals surface area (Å²) >= 11 is 0. The normalized spacial score (nSPS) is 11.2. The van der Waals surface area contributed by atoms with Gasteiger partial charge >= 0.3 is 0 Å². The molecule has 118 valence electrons. The zero-order chi connectivity index (χ0) is 16.1. The van der Waals surface area contributed by atoms with Gasteiger partial charge in [-0.25, -0.2) is 4.68 Å². The first-order valence-electron chi connectivity index (χ1n) is 7.57. The van der Waals surface area contributed by atoms with Gasteiger partial charge in [0.1, 0.15) is 5.69 Å². The van der Waals surface area contributed by atoms with Crippen LogP contribution in [0, 0.1) is 0 Å². The average Bonchev–Trinajstić information content (AvgIpc) is 2.93. The molecule has 0 saturated heterocycles. The molecule has 1 amide bonds. The van der Waals surface area contributed by atoms with Crippen molar-refractivity contribution in [2.45, 2.75) is 19.8 Å². The van der Waals surface area contributed by atoms with E-state index in [1.54, 1.807) is 4.68 Å². The van der Waals surface area contributed by atoms with Gasteiger partial charge in [0.15, 0.2) is 0 Å². The lowest BCUT2D eigenvalue weighted by molar-refractivity contribution is 0.0943. The first kappa shape index (κ1) is 16.2. The van der Waals surface area contributed by atoms with Gasteiger partial charge in [0.05, 0.1) is 11.4 Å². The van der Waals surface area contributed by atoms with Gasteiger partial charge in [0.2, 0.25) is 0 Å². The minimum Gasteiger partial charge on any atom is -0.349 e. The summed E-state index contributed by atoms with van der Waals surface area (Å²) in [5, 5.41) is 7.54.